The lowest BCUT2D eigenvalue weighted by atomic mass is 9.86. The van der Waals surface area contributed by atoms with Crippen LogP contribution in [0.2, 0.25) is 0 Å². The van der Waals surface area contributed by atoms with Crippen LogP contribution in [0.1, 0.15) is 57.8 Å². The predicted octanol–water partition coefficient (Wildman–Crippen LogP) is 2.24. The Morgan fingerprint density at radius 1 is 1.19 bits per heavy atom. The second-order valence-corrected chi connectivity index (χ2v) is 4.82. The van der Waals surface area contributed by atoms with Crippen LogP contribution in [0, 0.1) is 5.92 Å². The van der Waals surface area contributed by atoms with Gasteiger partial charge < -0.3 is 10.4 Å². The Kier molecular flexibility index (Phi) is 7.23. The van der Waals surface area contributed by atoms with Crippen LogP contribution in [-0.2, 0) is 4.79 Å². The van der Waals surface area contributed by atoms with Crippen molar-refractivity contribution in [2.24, 2.45) is 5.92 Å². The number of aliphatic hydroxyl groups excluding tert-OH is 1. The number of amides is 1. The van der Waals surface area contributed by atoms with Gasteiger partial charge in [0, 0.05) is 13.0 Å². The summed E-state index contributed by atoms with van der Waals surface area (Å²) in [5, 5.41) is 11.4. The standard InChI is InChI=1S/C13H25NO2/c15-11-9-13(16)14-10-5-4-8-12-6-2-1-3-7-12/h12,15H,1-11H2,(H,14,16). The van der Waals surface area contributed by atoms with Crippen molar-refractivity contribution < 1.29 is 9.90 Å². The summed E-state index contributed by atoms with van der Waals surface area (Å²) in [6, 6.07) is 0. The average molecular weight is 227 g/mol. The first kappa shape index (κ1) is 13.5. The van der Waals surface area contributed by atoms with Crippen LogP contribution >= 0.6 is 0 Å². The molecule has 0 aromatic rings. The highest BCUT2D eigenvalue weighted by Gasteiger charge is 2.12. The highest BCUT2D eigenvalue weighted by molar-refractivity contribution is 5.75. The molecule has 3 heteroatoms. The van der Waals surface area contributed by atoms with Crippen LogP contribution < -0.4 is 5.32 Å². The highest BCUT2D eigenvalue weighted by Crippen LogP contribution is 2.27. The zero-order chi connectivity index (χ0) is 11.6. The first-order chi connectivity index (χ1) is 7.83. The fourth-order valence-electron chi connectivity index (χ4n) is 2.45. The van der Waals surface area contributed by atoms with Crippen LogP contribution in [0.25, 0.3) is 0 Å². The van der Waals surface area contributed by atoms with Gasteiger partial charge in [0.2, 0.25) is 5.91 Å². The number of hydrogen-bond donors (Lipinski definition) is 2. The number of carbonyl (C=O) groups excluding carboxylic acids is 1. The summed E-state index contributed by atoms with van der Waals surface area (Å²) in [4.78, 5) is 11.0. The van der Waals surface area contributed by atoms with Gasteiger partial charge >= 0.3 is 0 Å². The molecule has 0 unspecified atom stereocenters. The van der Waals surface area contributed by atoms with Crippen molar-refractivity contribution in [2.45, 2.75) is 57.8 Å². The second-order valence-electron chi connectivity index (χ2n) is 4.82. The molecule has 0 bridgehead atoms. The number of nitrogens with one attached hydrogen (secondary N) is 1. The van der Waals surface area contributed by atoms with Gasteiger partial charge in [-0.25, -0.2) is 0 Å². The Balaban J connectivity index is 1.89. The van der Waals surface area contributed by atoms with E-state index in [4.69, 9.17) is 5.11 Å². The smallest absolute Gasteiger partial charge is 0.222 e. The zero-order valence-electron chi connectivity index (χ0n) is 10.2. The van der Waals surface area contributed by atoms with Crippen molar-refractivity contribution in [3.63, 3.8) is 0 Å². The van der Waals surface area contributed by atoms with Gasteiger partial charge in [-0.1, -0.05) is 44.9 Å². The summed E-state index contributed by atoms with van der Waals surface area (Å²) < 4.78 is 0. The maximum absolute atomic E-state index is 11.0. The molecular weight excluding hydrogens is 202 g/mol. The Hall–Kier alpha value is -0.570. The van der Waals surface area contributed by atoms with E-state index < -0.39 is 0 Å². The summed E-state index contributed by atoms with van der Waals surface area (Å²) in [6.45, 7) is 0.722. The minimum Gasteiger partial charge on any atom is -0.396 e. The molecule has 0 aromatic heterocycles. The zero-order valence-corrected chi connectivity index (χ0v) is 10.2. The molecule has 3 nitrogen and oxygen atoms in total. The lowest BCUT2D eigenvalue weighted by Crippen LogP contribution is -2.25. The maximum Gasteiger partial charge on any atom is 0.222 e. The molecule has 94 valence electrons. The molecule has 1 fully saturated rings. The molecule has 1 saturated carbocycles. The van der Waals surface area contributed by atoms with Crippen LogP contribution in [-0.4, -0.2) is 24.2 Å². The van der Waals surface area contributed by atoms with Crippen molar-refractivity contribution in [2.75, 3.05) is 13.2 Å². The van der Waals surface area contributed by atoms with Gasteiger partial charge in [0.25, 0.3) is 0 Å². The molecule has 2 N–H and O–H groups in total. The third-order valence-electron chi connectivity index (χ3n) is 3.42. The molecule has 1 aliphatic carbocycles. The van der Waals surface area contributed by atoms with E-state index in [0.29, 0.717) is 0 Å². The fourth-order valence-corrected chi connectivity index (χ4v) is 2.45. The van der Waals surface area contributed by atoms with Gasteiger partial charge in [-0.3, -0.25) is 4.79 Å². The molecule has 1 amide bonds. The Bertz CT molecular complexity index is 188. The molecule has 1 aliphatic rings. The third-order valence-corrected chi connectivity index (χ3v) is 3.42. The predicted molar refractivity (Wildman–Crippen MR) is 65.1 cm³/mol. The minimum absolute atomic E-state index is 0.0276. The minimum atomic E-state index is -0.0477. The number of aliphatic hydroxyl groups is 1. The SMILES string of the molecule is O=C(CCO)NCCCCC1CCCCC1. The second kappa shape index (κ2) is 8.57. The first-order valence-corrected chi connectivity index (χ1v) is 6.70. The molecule has 0 radical (unpaired) electrons. The Labute approximate surface area is 98.6 Å². The van der Waals surface area contributed by atoms with E-state index in [1.807, 2.05) is 0 Å². The van der Waals surface area contributed by atoms with Crippen LogP contribution in [0.15, 0.2) is 0 Å². The molecule has 16 heavy (non-hydrogen) atoms. The van der Waals surface area contributed by atoms with E-state index in [9.17, 15) is 4.79 Å². The number of carbonyl (C=O) groups is 1. The van der Waals surface area contributed by atoms with Gasteiger partial charge in [-0.2, -0.15) is 0 Å². The van der Waals surface area contributed by atoms with Crippen molar-refractivity contribution >= 4 is 5.91 Å². The highest BCUT2D eigenvalue weighted by atomic mass is 16.3. The summed E-state index contributed by atoms with van der Waals surface area (Å²) in [5.74, 6) is 0.919. The Morgan fingerprint density at radius 2 is 1.94 bits per heavy atom. The summed E-state index contributed by atoms with van der Waals surface area (Å²) in [5.41, 5.74) is 0. The van der Waals surface area contributed by atoms with Crippen LogP contribution in [0.5, 0.6) is 0 Å². The van der Waals surface area contributed by atoms with E-state index >= 15 is 0 Å². The largest absolute Gasteiger partial charge is 0.396 e. The van der Waals surface area contributed by atoms with E-state index in [1.54, 1.807) is 0 Å². The maximum atomic E-state index is 11.0. The van der Waals surface area contributed by atoms with Crippen molar-refractivity contribution in [1.82, 2.24) is 5.32 Å². The molecule has 0 atom stereocenters. The van der Waals surface area contributed by atoms with Gasteiger partial charge in [0.15, 0.2) is 0 Å². The number of rotatable bonds is 7. The van der Waals surface area contributed by atoms with Crippen LogP contribution in [0.4, 0.5) is 0 Å². The normalized spacial score (nSPS) is 17.3. The van der Waals surface area contributed by atoms with Gasteiger partial charge in [-0.15, -0.1) is 0 Å². The van der Waals surface area contributed by atoms with Gasteiger partial charge in [0.1, 0.15) is 0 Å². The van der Waals surface area contributed by atoms with E-state index in [0.717, 1.165) is 18.9 Å². The van der Waals surface area contributed by atoms with E-state index in [2.05, 4.69) is 5.32 Å². The quantitative estimate of drug-likeness (QED) is 0.655. The Morgan fingerprint density at radius 3 is 2.62 bits per heavy atom. The molecular formula is C13H25NO2. The number of unbranched alkanes of at least 4 members (excludes halogenated alkanes) is 1. The van der Waals surface area contributed by atoms with Gasteiger partial charge in [0.05, 0.1) is 6.61 Å². The molecule has 0 saturated heterocycles. The van der Waals surface area contributed by atoms with Crippen LogP contribution in [0.3, 0.4) is 0 Å². The topological polar surface area (TPSA) is 49.3 Å². The monoisotopic (exact) mass is 227 g/mol. The average Bonchev–Trinajstić information content (AvgIpc) is 2.30. The summed E-state index contributed by atoms with van der Waals surface area (Å²) in [7, 11) is 0. The third kappa shape index (κ3) is 6.11. The van der Waals surface area contributed by atoms with Crippen molar-refractivity contribution in [3.05, 3.63) is 0 Å². The fraction of sp³-hybridized carbons (Fsp3) is 0.923. The lowest BCUT2D eigenvalue weighted by Gasteiger charge is -2.21. The van der Waals surface area contributed by atoms with Gasteiger partial charge in [-0.05, 0) is 12.3 Å². The van der Waals surface area contributed by atoms with E-state index in [1.165, 1.54) is 44.9 Å². The van der Waals surface area contributed by atoms with Crippen molar-refractivity contribution in [1.29, 1.82) is 0 Å². The molecule has 1 rings (SSSR count). The van der Waals surface area contributed by atoms with E-state index in [-0.39, 0.29) is 18.9 Å². The van der Waals surface area contributed by atoms with Crippen molar-refractivity contribution in [3.8, 4) is 0 Å². The molecule has 0 aliphatic heterocycles. The lowest BCUT2D eigenvalue weighted by molar-refractivity contribution is -0.121. The molecule has 0 spiro atoms. The summed E-state index contributed by atoms with van der Waals surface area (Å²) in [6.07, 6.45) is 11.0. The molecule has 0 heterocycles. The molecule has 0 aromatic carbocycles. The number of hydrogen-bond acceptors (Lipinski definition) is 2. The first-order valence-electron chi connectivity index (χ1n) is 6.70. The summed E-state index contributed by atoms with van der Waals surface area (Å²) >= 11 is 0.